The molecule has 0 saturated carbocycles. The van der Waals surface area contributed by atoms with Crippen molar-refractivity contribution in [1.29, 1.82) is 0 Å². The van der Waals surface area contributed by atoms with Crippen LogP contribution in [0.4, 0.5) is 0 Å². The number of thiophene rings is 1. The molecule has 5 rings (SSSR count). The molecule has 31 heavy (non-hydrogen) atoms. The molecule has 0 aliphatic carbocycles. The SMILES string of the molecule is CC(=O)NCc1cc2ncn(-c3ccc(OC4C[C@H]5CC[C@@H](C4)N5C)cc3)c(=O)c2s1. The molecule has 2 aliphatic heterocycles. The zero-order chi connectivity index (χ0) is 21.5. The maximum atomic E-state index is 13.0. The van der Waals surface area contributed by atoms with E-state index in [1.807, 2.05) is 30.3 Å². The van der Waals surface area contributed by atoms with Crippen molar-refractivity contribution in [3.8, 4) is 11.4 Å². The molecular weight excluding hydrogens is 412 g/mol. The van der Waals surface area contributed by atoms with Crippen LogP contribution in [-0.2, 0) is 11.3 Å². The Labute approximate surface area is 184 Å². The normalized spacial score (nSPS) is 23.2. The lowest BCUT2D eigenvalue weighted by Gasteiger charge is -2.36. The van der Waals surface area contributed by atoms with Crippen molar-refractivity contribution in [2.24, 2.45) is 0 Å². The van der Waals surface area contributed by atoms with Crippen molar-refractivity contribution in [3.05, 3.63) is 51.9 Å². The molecule has 2 fully saturated rings. The predicted molar refractivity (Wildman–Crippen MR) is 121 cm³/mol. The summed E-state index contributed by atoms with van der Waals surface area (Å²) in [5.74, 6) is 0.742. The van der Waals surface area contributed by atoms with Gasteiger partial charge in [0.1, 0.15) is 22.9 Å². The quantitative estimate of drug-likeness (QED) is 0.663. The highest BCUT2D eigenvalue weighted by molar-refractivity contribution is 7.18. The molecule has 1 unspecified atom stereocenters. The highest BCUT2D eigenvalue weighted by Crippen LogP contribution is 2.36. The summed E-state index contributed by atoms with van der Waals surface area (Å²) in [6.45, 7) is 1.88. The summed E-state index contributed by atoms with van der Waals surface area (Å²) in [4.78, 5) is 32.0. The average Bonchev–Trinajstić information content (AvgIpc) is 3.25. The van der Waals surface area contributed by atoms with Crippen molar-refractivity contribution >= 4 is 27.5 Å². The zero-order valence-electron chi connectivity index (χ0n) is 17.7. The van der Waals surface area contributed by atoms with Crippen LogP contribution >= 0.6 is 11.3 Å². The molecule has 162 valence electrons. The second kappa shape index (κ2) is 8.09. The summed E-state index contributed by atoms with van der Waals surface area (Å²) in [5, 5.41) is 2.76. The molecule has 2 saturated heterocycles. The van der Waals surface area contributed by atoms with Gasteiger partial charge in [0.25, 0.3) is 5.56 Å². The van der Waals surface area contributed by atoms with Crippen LogP contribution in [0.25, 0.3) is 15.9 Å². The third kappa shape index (κ3) is 3.97. The van der Waals surface area contributed by atoms with E-state index in [-0.39, 0.29) is 17.6 Å². The molecule has 3 aromatic rings. The first-order valence-electron chi connectivity index (χ1n) is 10.7. The molecule has 0 spiro atoms. The number of carbonyl (C=O) groups excluding carboxylic acids is 1. The second-order valence-electron chi connectivity index (χ2n) is 8.51. The number of amides is 1. The minimum atomic E-state index is -0.107. The van der Waals surface area contributed by atoms with Gasteiger partial charge in [0, 0.05) is 23.9 Å². The number of fused-ring (bicyclic) bond motifs is 3. The fraction of sp³-hybridized carbons (Fsp3) is 0.435. The van der Waals surface area contributed by atoms with Crippen LogP contribution in [0, 0.1) is 0 Å². The van der Waals surface area contributed by atoms with E-state index in [4.69, 9.17) is 4.74 Å². The van der Waals surface area contributed by atoms with Gasteiger partial charge >= 0.3 is 0 Å². The Morgan fingerprint density at radius 3 is 2.61 bits per heavy atom. The Hall–Kier alpha value is -2.71. The van der Waals surface area contributed by atoms with Crippen LogP contribution in [0.1, 0.15) is 37.5 Å². The number of rotatable bonds is 5. The molecule has 1 N–H and O–H groups in total. The second-order valence-corrected chi connectivity index (χ2v) is 9.65. The fourth-order valence-electron chi connectivity index (χ4n) is 4.78. The van der Waals surface area contributed by atoms with Gasteiger partial charge in [-0.2, -0.15) is 0 Å². The van der Waals surface area contributed by atoms with Crippen LogP contribution in [0.5, 0.6) is 5.75 Å². The molecule has 7 nitrogen and oxygen atoms in total. The summed E-state index contributed by atoms with van der Waals surface area (Å²) in [7, 11) is 2.23. The van der Waals surface area contributed by atoms with E-state index in [2.05, 4.69) is 22.2 Å². The molecule has 3 atom stereocenters. The number of nitrogens with zero attached hydrogens (tertiary/aromatic N) is 3. The number of aromatic nitrogens is 2. The van der Waals surface area contributed by atoms with E-state index in [1.165, 1.54) is 31.1 Å². The van der Waals surface area contributed by atoms with Crippen molar-refractivity contribution in [1.82, 2.24) is 19.8 Å². The summed E-state index contributed by atoms with van der Waals surface area (Å²) in [6.07, 6.45) is 6.52. The van der Waals surface area contributed by atoms with Crippen LogP contribution < -0.4 is 15.6 Å². The molecule has 0 radical (unpaired) electrons. The smallest absolute Gasteiger partial charge is 0.275 e. The maximum absolute atomic E-state index is 13.0. The molecule has 2 aliphatic rings. The van der Waals surface area contributed by atoms with Gasteiger partial charge in [0.2, 0.25) is 5.91 Å². The van der Waals surface area contributed by atoms with Crippen molar-refractivity contribution < 1.29 is 9.53 Å². The molecule has 4 heterocycles. The first kappa shape index (κ1) is 20.2. The molecule has 8 heteroatoms. The van der Waals surface area contributed by atoms with Crippen LogP contribution in [-0.4, -0.2) is 45.6 Å². The number of ether oxygens (including phenoxy) is 1. The summed E-state index contributed by atoms with van der Waals surface area (Å²) in [5.41, 5.74) is 1.31. The Morgan fingerprint density at radius 1 is 1.23 bits per heavy atom. The van der Waals surface area contributed by atoms with Gasteiger partial charge < -0.3 is 15.0 Å². The minimum absolute atomic E-state index is 0.0990. The minimum Gasteiger partial charge on any atom is -0.490 e. The van der Waals surface area contributed by atoms with Gasteiger partial charge in [-0.15, -0.1) is 11.3 Å². The van der Waals surface area contributed by atoms with Gasteiger partial charge in [-0.3, -0.25) is 14.2 Å². The molecule has 1 aromatic carbocycles. The summed E-state index contributed by atoms with van der Waals surface area (Å²) < 4.78 is 8.41. The first-order chi connectivity index (χ1) is 15.0. The van der Waals surface area contributed by atoms with E-state index < -0.39 is 0 Å². The van der Waals surface area contributed by atoms with Crippen LogP contribution in [0.15, 0.2) is 41.5 Å². The number of hydrogen-bond acceptors (Lipinski definition) is 6. The molecule has 1 amide bonds. The molecular formula is C23H26N4O3S. The van der Waals surface area contributed by atoms with Gasteiger partial charge in [-0.25, -0.2) is 4.98 Å². The Morgan fingerprint density at radius 2 is 1.94 bits per heavy atom. The molecule has 2 bridgehead atoms. The van der Waals surface area contributed by atoms with Crippen molar-refractivity contribution in [2.75, 3.05) is 7.05 Å². The van der Waals surface area contributed by atoms with Crippen molar-refractivity contribution in [2.45, 2.75) is 57.3 Å². The number of hydrogen-bond donors (Lipinski definition) is 1. The monoisotopic (exact) mass is 438 g/mol. The Bertz CT molecular complexity index is 1160. The number of nitrogens with one attached hydrogen (secondary N) is 1. The Balaban J connectivity index is 1.33. The lowest BCUT2D eigenvalue weighted by atomic mass is 10.0. The van der Waals surface area contributed by atoms with Gasteiger partial charge in [-0.1, -0.05) is 0 Å². The van der Waals surface area contributed by atoms with E-state index >= 15 is 0 Å². The highest BCUT2D eigenvalue weighted by atomic mass is 32.1. The van der Waals surface area contributed by atoms with E-state index in [0.717, 1.165) is 29.2 Å². The summed E-state index contributed by atoms with van der Waals surface area (Å²) >= 11 is 1.37. The van der Waals surface area contributed by atoms with Gasteiger partial charge in [0.05, 0.1) is 17.7 Å². The van der Waals surface area contributed by atoms with Crippen LogP contribution in [0.3, 0.4) is 0 Å². The first-order valence-corrected chi connectivity index (χ1v) is 11.5. The van der Waals surface area contributed by atoms with Gasteiger partial charge in [-0.05, 0) is 63.1 Å². The lowest BCUT2D eigenvalue weighted by molar-refractivity contribution is -0.119. The predicted octanol–water partition coefficient (Wildman–Crippen LogP) is 3.09. The average molecular weight is 439 g/mol. The van der Waals surface area contributed by atoms with E-state index in [9.17, 15) is 9.59 Å². The van der Waals surface area contributed by atoms with Gasteiger partial charge in [0.15, 0.2) is 0 Å². The third-order valence-electron chi connectivity index (χ3n) is 6.47. The number of piperidine rings is 1. The highest BCUT2D eigenvalue weighted by Gasteiger charge is 2.39. The molecule has 2 aromatic heterocycles. The van der Waals surface area contributed by atoms with Crippen molar-refractivity contribution in [3.63, 3.8) is 0 Å². The van der Waals surface area contributed by atoms with E-state index in [0.29, 0.717) is 28.8 Å². The van der Waals surface area contributed by atoms with Crippen LogP contribution in [0.2, 0.25) is 0 Å². The number of carbonyl (C=O) groups is 1. The lowest BCUT2D eigenvalue weighted by Crippen LogP contribution is -2.43. The van der Waals surface area contributed by atoms with E-state index in [1.54, 1.807) is 10.9 Å². The standard InChI is InChI=1S/C23H26N4O3S/c1-14(28)24-12-20-11-21-22(31-20)23(29)27(13-25-21)15-5-7-18(8-6-15)30-19-9-16-3-4-17(10-19)26(16)2/h5-8,11,13,16-17,19H,3-4,9-10,12H2,1-2H3,(H,24,28)/t16-,17+,19?. The zero-order valence-corrected chi connectivity index (χ0v) is 18.5. The topological polar surface area (TPSA) is 76.5 Å². The Kier molecular flexibility index (Phi) is 5.27. The third-order valence-corrected chi connectivity index (χ3v) is 7.59. The maximum Gasteiger partial charge on any atom is 0.275 e. The largest absolute Gasteiger partial charge is 0.490 e. The fourth-order valence-corrected chi connectivity index (χ4v) is 5.76. The number of benzene rings is 1. The summed E-state index contributed by atoms with van der Waals surface area (Å²) in [6, 6.07) is 10.8.